The molecular formula is C14H16N2O. The highest BCUT2D eigenvalue weighted by Gasteiger charge is 2.12. The van der Waals surface area contributed by atoms with Crippen LogP contribution in [0, 0.1) is 13.8 Å². The lowest BCUT2D eigenvalue weighted by Gasteiger charge is -2.06. The van der Waals surface area contributed by atoms with Crippen molar-refractivity contribution in [3.63, 3.8) is 0 Å². The van der Waals surface area contributed by atoms with Gasteiger partial charge in [0.1, 0.15) is 5.82 Å². The van der Waals surface area contributed by atoms with Crippen LogP contribution in [0.25, 0.3) is 0 Å². The first kappa shape index (κ1) is 11.6. The Morgan fingerprint density at radius 3 is 2.71 bits per heavy atom. The van der Waals surface area contributed by atoms with E-state index < -0.39 is 0 Å². The summed E-state index contributed by atoms with van der Waals surface area (Å²) in [5.41, 5.74) is 3.00. The molecule has 0 atom stereocenters. The van der Waals surface area contributed by atoms with Crippen LogP contribution in [0.3, 0.4) is 0 Å². The lowest BCUT2D eigenvalue weighted by molar-refractivity contribution is 0.0989. The van der Waals surface area contributed by atoms with E-state index in [0.717, 1.165) is 17.0 Å². The molecule has 2 rings (SSSR count). The third kappa shape index (κ3) is 2.44. The van der Waals surface area contributed by atoms with E-state index in [2.05, 4.69) is 4.98 Å². The van der Waals surface area contributed by atoms with Crippen LogP contribution in [-0.4, -0.2) is 15.3 Å². The standard InChI is InChI=1S/C14H16N2O/c1-10-4-5-12(11(2)8-10)13(17)9-14-15-6-7-16(14)3/h4-8H,9H2,1-3H3. The van der Waals surface area contributed by atoms with Gasteiger partial charge >= 0.3 is 0 Å². The quantitative estimate of drug-likeness (QED) is 0.756. The van der Waals surface area contributed by atoms with Crippen LogP contribution in [-0.2, 0) is 13.5 Å². The maximum atomic E-state index is 12.1. The number of carbonyl (C=O) groups excluding carboxylic acids is 1. The number of Topliss-reactive ketones (excluding diaryl/α,β-unsaturated/α-hetero) is 1. The molecule has 0 aliphatic rings. The van der Waals surface area contributed by atoms with Crippen LogP contribution in [0.1, 0.15) is 27.3 Å². The number of ketones is 1. The Morgan fingerprint density at radius 1 is 1.35 bits per heavy atom. The smallest absolute Gasteiger partial charge is 0.170 e. The minimum Gasteiger partial charge on any atom is -0.338 e. The molecule has 0 N–H and O–H groups in total. The van der Waals surface area contributed by atoms with E-state index in [4.69, 9.17) is 0 Å². The highest BCUT2D eigenvalue weighted by molar-refractivity contribution is 5.98. The van der Waals surface area contributed by atoms with Crippen molar-refractivity contribution in [2.75, 3.05) is 0 Å². The zero-order valence-corrected chi connectivity index (χ0v) is 10.4. The van der Waals surface area contributed by atoms with Gasteiger partial charge in [-0.2, -0.15) is 0 Å². The molecule has 88 valence electrons. The van der Waals surface area contributed by atoms with E-state index in [0.29, 0.717) is 6.42 Å². The van der Waals surface area contributed by atoms with Crippen molar-refractivity contribution in [3.8, 4) is 0 Å². The zero-order valence-electron chi connectivity index (χ0n) is 10.4. The number of nitrogens with zero attached hydrogens (tertiary/aromatic N) is 2. The number of benzene rings is 1. The van der Waals surface area contributed by atoms with Gasteiger partial charge in [-0.15, -0.1) is 0 Å². The summed E-state index contributed by atoms with van der Waals surface area (Å²) in [5.74, 6) is 0.923. The average Bonchev–Trinajstić information content (AvgIpc) is 2.64. The van der Waals surface area contributed by atoms with Crippen LogP contribution in [0.15, 0.2) is 30.6 Å². The van der Waals surface area contributed by atoms with Crippen molar-refractivity contribution in [2.45, 2.75) is 20.3 Å². The monoisotopic (exact) mass is 228 g/mol. The van der Waals surface area contributed by atoms with Gasteiger partial charge in [0.15, 0.2) is 5.78 Å². The molecule has 0 amide bonds. The van der Waals surface area contributed by atoms with Crippen molar-refractivity contribution in [1.29, 1.82) is 0 Å². The van der Waals surface area contributed by atoms with Crippen molar-refractivity contribution >= 4 is 5.78 Å². The topological polar surface area (TPSA) is 34.9 Å². The normalized spacial score (nSPS) is 10.5. The summed E-state index contributed by atoms with van der Waals surface area (Å²) < 4.78 is 1.88. The molecule has 1 aromatic heterocycles. The molecule has 17 heavy (non-hydrogen) atoms. The molecule has 1 heterocycles. The van der Waals surface area contributed by atoms with Crippen molar-refractivity contribution in [1.82, 2.24) is 9.55 Å². The zero-order chi connectivity index (χ0) is 12.4. The van der Waals surface area contributed by atoms with Gasteiger partial charge in [0.25, 0.3) is 0 Å². The van der Waals surface area contributed by atoms with Gasteiger partial charge in [0.2, 0.25) is 0 Å². The molecule has 0 fully saturated rings. The third-order valence-corrected chi connectivity index (χ3v) is 2.92. The lowest BCUT2D eigenvalue weighted by atomic mass is 10.0. The average molecular weight is 228 g/mol. The minimum atomic E-state index is 0.122. The van der Waals surface area contributed by atoms with Crippen LogP contribution < -0.4 is 0 Å². The molecule has 0 unspecified atom stereocenters. The second-order valence-corrected chi connectivity index (χ2v) is 4.37. The van der Waals surface area contributed by atoms with Gasteiger partial charge in [-0.25, -0.2) is 4.98 Å². The molecule has 0 radical (unpaired) electrons. The molecule has 0 saturated carbocycles. The number of aromatic nitrogens is 2. The highest BCUT2D eigenvalue weighted by atomic mass is 16.1. The first-order chi connectivity index (χ1) is 8.08. The summed E-state index contributed by atoms with van der Waals surface area (Å²) >= 11 is 0. The minimum absolute atomic E-state index is 0.122. The number of carbonyl (C=O) groups is 1. The predicted molar refractivity (Wildman–Crippen MR) is 67.2 cm³/mol. The van der Waals surface area contributed by atoms with Crippen molar-refractivity contribution < 1.29 is 4.79 Å². The molecule has 3 heteroatoms. The number of hydrogen-bond acceptors (Lipinski definition) is 2. The van der Waals surface area contributed by atoms with E-state index in [1.54, 1.807) is 6.20 Å². The Bertz CT molecular complexity index is 555. The summed E-state index contributed by atoms with van der Waals surface area (Å²) in [4.78, 5) is 16.3. The maximum absolute atomic E-state index is 12.1. The second-order valence-electron chi connectivity index (χ2n) is 4.37. The lowest BCUT2D eigenvalue weighted by Crippen LogP contribution is -2.09. The summed E-state index contributed by atoms with van der Waals surface area (Å²) in [7, 11) is 1.90. The first-order valence-corrected chi connectivity index (χ1v) is 5.64. The second kappa shape index (κ2) is 4.53. The number of aryl methyl sites for hydroxylation is 3. The Labute approximate surface area is 101 Å². The Kier molecular flexibility index (Phi) is 3.09. The third-order valence-electron chi connectivity index (χ3n) is 2.92. The number of rotatable bonds is 3. The number of hydrogen-bond donors (Lipinski definition) is 0. The summed E-state index contributed by atoms with van der Waals surface area (Å²) in [5, 5.41) is 0. The Balaban J connectivity index is 2.23. The van der Waals surface area contributed by atoms with Crippen LogP contribution in [0.2, 0.25) is 0 Å². The van der Waals surface area contributed by atoms with Crippen molar-refractivity contribution in [3.05, 3.63) is 53.1 Å². The molecule has 0 aliphatic heterocycles. The van der Waals surface area contributed by atoms with E-state index in [1.807, 2.05) is 49.9 Å². The fourth-order valence-corrected chi connectivity index (χ4v) is 1.93. The summed E-state index contributed by atoms with van der Waals surface area (Å²) in [6.07, 6.45) is 3.92. The van der Waals surface area contributed by atoms with Gasteiger partial charge in [0.05, 0.1) is 6.42 Å². The van der Waals surface area contributed by atoms with E-state index in [9.17, 15) is 4.79 Å². The van der Waals surface area contributed by atoms with E-state index in [-0.39, 0.29) is 5.78 Å². The molecule has 0 saturated heterocycles. The molecular weight excluding hydrogens is 212 g/mol. The molecule has 2 aromatic rings. The van der Waals surface area contributed by atoms with Crippen LogP contribution in [0.4, 0.5) is 0 Å². The Hall–Kier alpha value is -1.90. The van der Waals surface area contributed by atoms with Gasteiger partial charge < -0.3 is 4.57 Å². The molecule has 1 aromatic carbocycles. The SMILES string of the molecule is Cc1ccc(C(=O)Cc2nccn2C)c(C)c1. The molecule has 0 spiro atoms. The largest absolute Gasteiger partial charge is 0.338 e. The van der Waals surface area contributed by atoms with Gasteiger partial charge in [0, 0.05) is 25.0 Å². The number of imidazole rings is 1. The molecule has 0 aliphatic carbocycles. The molecule has 3 nitrogen and oxygen atoms in total. The van der Waals surface area contributed by atoms with Crippen LogP contribution >= 0.6 is 0 Å². The van der Waals surface area contributed by atoms with Gasteiger partial charge in [-0.05, 0) is 19.4 Å². The highest BCUT2D eigenvalue weighted by Crippen LogP contribution is 2.13. The Morgan fingerprint density at radius 2 is 2.12 bits per heavy atom. The predicted octanol–water partition coefficient (Wildman–Crippen LogP) is 2.46. The van der Waals surface area contributed by atoms with Gasteiger partial charge in [-0.3, -0.25) is 4.79 Å². The molecule has 0 bridgehead atoms. The summed E-state index contributed by atoms with van der Waals surface area (Å²) in [6.45, 7) is 4.00. The first-order valence-electron chi connectivity index (χ1n) is 5.64. The summed E-state index contributed by atoms with van der Waals surface area (Å²) in [6, 6.07) is 5.90. The van der Waals surface area contributed by atoms with Gasteiger partial charge in [-0.1, -0.05) is 23.8 Å². The van der Waals surface area contributed by atoms with Crippen LogP contribution in [0.5, 0.6) is 0 Å². The maximum Gasteiger partial charge on any atom is 0.170 e. The van der Waals surface area contributed by atoms with Crippen molar-refractivity contribution in [2.24, 2.45) is 7.05 Å². The van der Waals surface area contributed by atoms with E-state index >= 15 is 0 Å². The fourth-order valence-electron chi connectivity index (χ4n) is 1.93. The fraction of sp³-hybridized carbons (Fsp3) is 0.286. The van der Waals surface area contributed by atoms with E-state index in [1.165, 1.54) is 5.56 Å².